The quantitative estimate of drug-likeness (QED) is 0.931. The fraction of sp³-hybridized carbons (Fsp3) is 0.562. The molecule has 0 radical (unpaired) electrons. The highest BCUT2D eigenvalue weighted by molar-refractivity contribution is 6.31. The minimum atomic E-state index is 0.0875. The number of benzene rings is 1. The van der Waals surface area contributed by atoms with Crippen molar-refractivity contribution in [3.05, 3.63) is 29.0 Å². The second-order valence-corrected chi connectivity index (χ2v) is 7.38. The molecule has 1 aromatic heterocycles. The molecule has 1 aliphatic carbocycles. The molecule has 3 rings (SSSR count). The molecule has 4 heteroatoms. The lowest BCUT2D eigenvalue weighted by Gasteiger charge is -2.27. The van der Waals surface area contributed by atoms with E-state index in [1.54, 1.807) is 0 Å². The van der Waals surface area contributed by atoms with Crippen LogP contribution in [0.2, 0.25) is 5.02 Å². The minimum Gasteiger partial charge on any atom is -0.327 e. The Bertz CT molecular complexity index is 635. The summed E-state index contributed by atoms with van der Waals surface area (Å²) in [6.45, 7) is 6.54. The maximum atomic E-state index is 6.34. The Morgan fingerprint density at radius 1 is 1.40 bits per heavy atom. The highest BCUT2D eigenvalue weighted by atomic mass is 35.5. The Morgan fingerprint density at radius 2 is 2.10 bits per heavy atom. The number of nitrogens with two attached hydrogens (primary N) is 1. The summed E-state index contributed by atoms with van der Waals surface area (Å²) in [5, 5.41) is 0.740. The van der Waals surface area contributed by atoms with Gasteiger partial charge in [-0.05, 0) is 36.5 Å². The van der Waals surface area contributed by atoms with Gasteiger partial charge in [0, 0.05) is 23.5 Å². The van der Waals surface area contributed by atoms with Crippen molar-refractivity contribution in [1.82, 2.24) is 9.55 Å². The van der Waals surface area contributed by atoms with E-state index in [0.717, 1.165) is 22.8 Å². The highest BCUT2D eigenvalue weighted by Crippen LogP contribution is 2.39. The highest BCUT2D eigenvalue weighted by Gasteiger charge is 2.30. The summed E-state index contributed by atoms with van der Waals surface area (Å²) in [5.41, 5.74) is 8.61. The van der Waals surface area contributed by atoms with E-state index in [-0.39, 0.29) is 11.5 Å². The van der Waals surface area contributed by atoms with Gasteiger partial charge in [-0.15, -0.1) is 0 Å². The predicted molar refractivity (Wildman–Crippen MR) is 84.1 cm³/mol. The number of rotatable bonds is 3. The molecule has 0 bridgehead atoms. The summed E-state index contributed by atoms with van der Waals surface area (Å²) in [7, 11) is 0. The third kappa shape index (κ3) is 2.57. The molecular weight excluding hydrogens is 270 g/mol. The molecule has 1 unspecified atom stereocenters. The van der Waals surface area contributed by atoms with Gasteiger partial charge in [-0.2, -0.15) is 0 Å². The molecule has 0 spiro atoms. The molecule has 1 heterocycles. The van der Waals surface area contributed by atoms with Crippen LogP contribution in [-0.4, -0.2) is 15.6 Å². The first-order chi connectivity index (χ1) is 9.36. The average Bonchev–Trinajstić information content (AvgIpc) is 3.10. The molecule has 0 saturated heterocycles. The number of hydrogen-bond acceptors (Lipinski definition) is 2. The normalized spacial score (nSPS) is 17.6. The van der Waals surface area contributed by atoms with Gasteiger partial charge in [0.1, 0.15) is 5.82 Å². The second-order valence-electron chi connectivity index (χ2n) is 6.94. The molecule has 1 aliphatic rings. The first-order valence-electron chi connectivity index (χ1n) is 7.28. The lowest BCUT2D eigenvalue weighted by molar-refractivity contribution is 0.313. The third-order valence-electron chi connectivity index (χ3n) is 4.15. The largest absolute Gasteiger partial charge is 0.327 e. The summed E-state index contributed by atoms with van der Waals surface area (Å²) < 4.78 is 2.37. The van der Waals surface area contributed by atoms with Crippen LogP contribution in [0.4, 0.5) is 0 Å². The van der Waals surface area contributed by atoms with E-state index in [0.29, 0.717) is 6.04 Å². The number of aromatic nitrogens is 2. The topological polar surface area (TPSA) is 43.8 Å². The van der Waals surface area contributed by atoms with Gasteiger partial charge < -0.3 is 10.3 Å². The second kappa shape index (κ2) is 4.74. The average molecular weight is 292 g/mol. The molecule has 1 aromatic carbocycles. The van der Waals surface area contributed by atoms with Crippen molar-refractivity contribution in [3.8, 4) is 0 Å². The van der Waals surface area contributed by atoms with Crippen molar-refractivity contribution >= 4 is 22.6 Å². The lowest BCUT2D eigenvalue weighted by atomic mass is 9.85. The van der Waals surface area contributed by atoms with E-state index < -0.39 is 0 Å². The van der Waals surface area contributed by atoms with Crippen molar-refractivity contribution in [2.24, 2.45) is 11.1 Å². The first-order valence-corrected chi connectivity index (χ1v) is 7.66. The summed E-state index contributed by atoms with van der Waals surface area (Å²) in [6.07, 6.45) is 3.30. The van der Waals surface area contributed by atoms with Crippen molar-refractivity contribution in [2.45, 2.75) is 52.1 Å². The summed E-state index contributed by atoms with van der Waals surface area (Å²) in [6, 6.07) is 6.67. The summed E-state index contributed by atoms with van der Waals surface area (Å²) in [4.78, 5) is 4.79. The SMILES string of the molecule is CC(C)(C)C(N)Cc1nc2cc(Cl)ccc2n1C1CC1. The molecule has 1 fully saturated rings. The molecule has 2 aromatic rings. The monoisotopic (exact) mass is 291 g/mol. The van der Waals surface area contributed by atoms with Crippen LogP contribution >= 0.6 is 11.6 Å². The summed E-state index contributed by atoms with van der Waals surface area (Å²) >= 11 is 6.08. The Hall–Kier alpha value is -1.06. The van der Waals surface area contributed by atoms with Crippen LogP contribution in [0.1, 0.15) is 45.5 Å². The maximum Gasteiger partial charge on any atom is 0.111 e. The zero-order valence-corrected chi connectivity index (χ0v) is 13.1. The Labute approximate surface area is 125 Å². The van der Waals surface area contributed by atoms with Crippen molar-refractivity contribution < 1.29 is 0 Å². The molecule has 2 N–H and O–H groups in total. The van der Waals surface area contributed by atoms with Crippen molar-refractivity contribution in [3.63, 3.8) is 0 Å². The van der Waals surface area contributed by atoms with Crippen molar-refractivity contribution in [1.29, 1.82) is 0 Å². The molecule has 3 nitrogen and oxygen atoms in total. The molecule has 0 amide bonds. The van der Waals surface area contributed by atoms with Crippen LogP contribution in [0, 0.1) is 5.41 Å². The number of imidazole rings is 1. The lowest BCUT2D eigenvalue weighted by Crippen LogP contribution is -2.37. The zero-order chi connectivity index (χ0) is 14.5. The molecule has 1 atom stereocenters. The van der Waals surface area contributed by atoms with Crippen LogP contribution in [-0.2, 0) is 6.42 Å². The van der Waals surface area contributed by atoms with Crippen LogP contribution in [0.3, 0.4) is 0 Å². The van der Waals surface area contributed by atoms with E-state index in [1.807, 2.05) is 12.1 Å². The number of nitrogens with zero attached hydrogens (tertiary/aromatic N) is 2. The van der Waals surface area contributed by atoms with Gasteiger partial charge in [0.15, 0.2) is 0 Å². The Kier molecular flexibility index (Phi) is 3.30. The Balaban J connectivity index is 2.03. The van der Waals surface area contributed by atoms with Crippen LogP contribution in [0.25, 0.3) is 11.0 Å². The van der Waals surface area contributed by atoms with Gasteiger partial charge in [0.2, 0.25) is 0 Å². The van der Waals surface area contributed by atoms with E-state index in [2.05, 4.69) is 31.4 Å². The first kappa shape index (κ1) is 13.9. The molecule has 20 heavy (non-hydrogen) atoms. The van der Waals surface area contributed by atoms with Crippen LogP contribution in [0.5, 0.6) is 0 Å². The van der Waals surface area contributed by atoms with E-state index in [1.165, 1.54) is 18.4 Å². The van der Waals surface area contributed by atoms with Crippen molar-refractivity contribution in [2.75, 3.05) is 0 Å². The van der Waals surface area contributed by atoms with E-state index in [4.69, 9.17) is 22.3 Å². The molecule has 0 aliphatic heterocycles. The maximum absolute atomic E-state index is 6.34. The van der Waals surface area contributed by atoms with Gasteiger partial charge in [0.25, 0.3) is 0 Å². The predicted octanol–water partition coefficient (Wildman–Crippen LogP) is 3.94. The van der Waals surface area contributed by atoms with E-state index in [9.17, 15) is 0 Å². The van der Waals surface area contributed by atoms with Gasteiger partial charge >= 0.3 is 0 Å². The molecule has 1 saturated carbocycles. The van der Waals surface area contributed by atoms with E-state index >= 15 is 0 Å². The number of halogens is 1. The molecular formula is C16H22ClN3. The van der Waals surface area contributed by atoms with Gasteiger partial charge in [-0.1, -0.05) is 32.4 Å². The van der Waals surface area contributed by atoms with Gasteiger partial charge in [0.05, 0.1) is 11.0 Å². The molecule has 108 valence electrons. The Morgan fingerprint density at radius 3 is 2.70 bits per heavy atom. The fourth-order valence-corrected chi connectivity index (χ4v) is 2.68. The number of hydrogen-bond donors (Lipinski definition) is 1. The van der Waals surface area contributed by atoms with Gasteiger partial charge in [-0.3, -0.25) is 0 Å². The third-order valence-corrected chi connectivity index (χ3v) is 4.39. The standard InChI is InChI=1S/C16H22ClN3/c1-16(2,3)14(18)9-15-19-12-8-10(17)4-7-13(12)20(15)11-5-6-11/h4,7-8,11,14H,5-6,9,18H2,1-3H3. The number of fused-ring (bicyclic) bond motifs is 1. The van der Waals surface area contributed by atoms with Gasteiger partial charge in [-0.25, -0.2) is 4.98 Å². The minimum absolute atomic E-state index is 0.0875. The van der Waals surface area contributed by atoms with Crippen LogP contribution < -0.4 is 5.73 Å². The summed E-state index contributed by atoms with van der Waals surface area (Å²) in [5.74, 6) is 1.10. The zero-order valence-electron chi connectivity index (χ0n) is 12.4. The fourth-order valence-electron chi connectivity index (χ4n) is 2.51. The van der Waals surface area contributed by atoms with Crippen LogP contribution in [0.15, 0.2) is 18.2 Å². The smallest absolute Gasteiger partial charge is 0.111 e.